The molecule has 0 aliphatic carbocycles. The standard InChI is InChI=1S/C11H10F3N/c1-2-8-10(11(12,13)14)7-5-3-4-6-9(7)15-8/h3-6,15H,2H2,1H3. The molecular formula is C11H10F3N. The van der Waals surface area contributed by atoms with Crippen molar-refractivity contribution < 1.29 is 13.2 Å². The minimum Gasteiger partial charge on any atom is -0.358 e. The summed E-state index contributed by atoms with van der Waals surface area (Å²) >= 11 is 0. The van der Waals surface area contributed by atoms with E-state index in [4.69, 9.17) is 0 Å². The molecule has 80 valence electrons. The number of fused-ring (bicyclic) bond motifs is 1. The van der Waals surface area contributed by atoms with Crippen LogP contribution in [0.5, 0.6) is 0 Å². The van der Waals surface area contributed by atoms with Gasteiger partial charge in [0.2, 0.25) is 0 Å². The minimum atomic E-state index is -4.29. The number of H-pyrrole nitrogens is 1. The van der Waals surface area contributed by atoms with E-state index < -0.39 is 11.7 Å². The summed E-state index contributed by atoms with van der Waals surface area (Å²) in [6.07, 6.45) is -3.94. The van der Waals surface area contributed by atoms with Gasteiger partial charge in [0.15, 0.2) is 0 Å². The smallest absolute Gasteiger partial charge is 0.358 e. The van der Waals surface area contributed by atoms with Gasteiger partial charge in [0, 0.05) is 16.6 Å². The van der Waals surface area contributed by atoms with Crippen molar-refractivity contribution in [3.63, 3.8) is 0 Å². The van der Waals surface area contributed by atoms with Gasteiger partial charge < -0.3 is 4.98 Å². The summed E-state index contributed by atoms with van der Waals surface area (Å²) in [4.78, 5) is 2.80. The van der Waals surface area contributed by atoms with Gasteiger partial charge in [-0.2, -0.15) is 13.2 Å². The summed E-state index contributed by atoms with van der Waals surface area (Å²) < 4.78 is 38.3. The Morgan fingerprint density at radius 3 is 2.47 bits per heavy atom. The van der Waals surface area contributed by atoms with Gasteiger partial charge in [-0.3, -0.25) is 0 Å². The molecule has 0 saturated carbocycles. The maximum Gasteiger partial charge on any atom is 0.418 e. The van der Waals surface area contributed by atoms with Crippen molar-refractivity contribution in [3.05, 3.63) is 35.5 Å². The van der Waals surface area contributed by atoms with Crippen LogP contribution in [0.15, 0.2) is 24.3 Å². The molecule has 0 radical (unpaired) electrons. The lowest BCUT2D eigenvalue weighted by Gasteiger charge is -2.07. The van der Waals surface area contributed by atoms with Crippen LogP contribution in [0.25, 0.3) is 10.9 Å². The van der Waals surface area contributed by atoms with Crippen LogP contribution >= 0.6 is 0 Å². The van der Waals surface area contributed by atoms with Gasteiger partial charge in [0.25, 0.3) is 0 Å². The predicted octanol–water partition coefficient (Wildman–Crippen LogP) is 3.75. The third-order valence-electron chi connectivity index (χ3n) is 2.42. The lowest BCUT2D eigenvalue weighted by molar-refractivity contribution is -0.136. The number of hydrogen-bond acceptors (Lipinski definition) is 0. The van der Waals surface area contributed by atoms with Crippen LogP contribution in [0.4, 0.5) is 13.2 Å². The monoisotopic (exact) mass is 213 g/mol. The zero-order chi connectivity index (χ0) is 11.1. The number of aromatic amines is 1. The average Bonchev–Trinajstić information content (AvgIpc) is 2.54. The molecule has 1 N–H and O–H groups in total. The molecule has 1 aromatic carbocycles. The van der Waals surface area contributed by atoms with E-state index in [0.29, 0.717) is 11.9 Å². The highest BCUT2D eigenvalue weighted by molar-refractivity contribution is 5.85. The summed E-state index contributed by atoms with van der Waals surface area (Å²) in [6.45, 7) is 1.71. The summed E-state index contributed by atoms with van der Waals surface area (Å²) in [5.41, 5.74) is 0.269. The van der Waals surface area contributed by atoms with Gasteiger partial charge in [-0.05, 0) is 12.5 Å². The Labute approximate surface area is 84.9 Å². The summed E-state index contributed by atoms with van der Waals surface area (Å²) in [7, 11) is 0. The average molecular weight is 213 g/mol. The number of halogens is 3. The fourth-order valence-corrected chi connectivity index (χ4v) is 1.79. The zero-order valence-electron chi connectivity index (χ0n) is 8.15. The quantitative estimate of drug-likeness (QED) is 0.742. The van der Waals surface area contributed by atoms with Crippen LogP contribution in [-0.2, 0) is 12.6 Å². The highest BCUT2D eigenvalue weighted by Crippen LogP contribution is 2.37. The second-order valence-electron chi connectivity index (χ2n) is 3.38. The maximum absolute atomic E-state index is 12.8. The molecule has 0 aliphatic heterocycles. The molecule has 0 saturated heterocycles. The van der Waals surface area contributed by atoms with E-state index in [1.165, 1.54) is 6.07 Å². The normalized spacial score (nSPS) is 12.3. The molecule has 0 atom stereocenters. The molecule has 15 heavy (non-hydrogen) atoms. The van der Waals surface area contributed by atoms with E-state index in [1.807, 2.05) is 0 Å². The van der Waals surface area contributed by atoms with Crippen molar-refractivity contribution >= 4 is 10.9 Å². The van der Waals surface area contributed by atoms with E-state index >= 15 is 0 Å². The van der Waals surface area contributed by atoms with Crippen LogP contribution < -0.4 is 0 Å². The molecule has 1 aromatic heterocycles. The Bertz CT molecular complexity index is 482. The number of nitrogens with one attached hydrogen (secondary N) is 1. The Kier molecular flexibility index (Phi) is 2.21. The van der Waals surface area contributed by atoms with Crippen molar-refractivity contribution in [3.8, 4) is 0 Å². The van der Waals surface area contributed by atoms with E-state index in [0.717, 1.165) is 0 Å². The summed E-state index contributed by atoms with van der Waals surface area (Å²) in [5.74, 6) is 0. The number of aromatic nitrogens is 1. The van der Waals surface area contributed by atoms with Crippen molar-refractivity contribution in [2.24, 2.45) is 0 Å². The first-order valence-corrected chi connectivity index (χ1v) is 4.70. The molecular weight excluding hydrogens is 203 g/mol. The van der Waals surface area contributed by atoms with Crippen LogP contribution in [0.3, 0.4) is 0 Å². The molecule has 1 heterocycles. The van der Waals surface area contributed by atoms with Crippen molar-refractivity contribution in [2.75, 3.05) is 0 Å². The molecule has 0 unspecified atom stereocenters. The zero-order valence-corrected chi connectivity index (χ0v) is 8.15. The second-order valence-corrected chi connectivity index (χ2v) is 3.38. The van der Waals surface area contributed by atoms with Gasteiger partial charge >= 0.3 is 6.18 Å². The third kappa shape index (κ3) is 1.60. The van der Waals surface area contributed by atoms with E-state index in [9.17, 15) is 13.2 Å². The van der Waals surface area contributed by atoms with E-state index in [-0.39, 0.29) is 11.1 Å². The molecule has 0 amide bonds. The van der Waals surface area contributed by atoms with Crippen LogP contribution in [-0.4, -0.2) is 4.98 Å². The molecule has 2 rings (SSSR count). The number of benzene rings is 1. The van der Waals surface area contributed by atoms with Crippen molar-refractivity contribution in [1.29, 1.82) is 0 Å². The van der Waals surface area contributed by atoms with E-state index in [2.05, 4.69) is 4.98 Å². The Hall–Kier alpha value is -1.45. The van der Waals surface area contributed by atoms with Gasteiger partial charge in [0.1, 0.15) is 0 Å². The van der Waals surface area contributed by atoms with Gasteiger partial charge in [-0.25, -0.2) is 0 Å². The van der Waals surface area contributed by atoms with E-state index in [1.54, 1.807) is 25.1 Å². The third-order valence-corrected chi connectivity index (χ3v) is 2.42. The van der Waals surface area contributed by atoms with Gasteiger partial charge in [0.05, 0.1) is 5.56 Å². The van der Waals surface area contributed by atoms with Crippen molar-refractivity contribution in [2.45, 2.75) is 19.5 Å². The minimum absolute atomic E-state index is 0.252. The Balaban J connectivity index is 2.79. The van der Waals surface area contributed by atoms with Crippen LogP contribution in [0.2, 0.25) is 0 Å². The molecule has 0 fully saturated rings. The fourth-order valence-electron chi connectivity index (χ4n) is 1.79. The maximum atomic E-state index is 12.8. The SMILES string of the molecule is CCc1[nH]c2ccccc2c1C(F)(F)F. The molecule has 2 aromatic rings. The fraction of sp³-hybridized carbons (Fsp3) is 0.273. The molecule has 0 spiro atoms. The van der Waals surface area contributed by atoms with Crippen LogP contribution in [0, 0.1) is 0 Å². The summed E-state index contributed by atoms with van der Waals surface area (Å²) in [6, 6.07) is 6.49. The topological polar surface area (TPSA) is 15.8 Å². The largest absolute Gasteiger partial charge is 0.418 e. The summed E-state index contributed by atoms with van der Waals surface area (Å²) in [5, 5.41) is 0.252. The molecule has 0 bridgehead atoms. The molecule has 1 nitrogen and oxygen atoms in total. The number of hydrogen-bond donors (Lipinski definition) is 1. The van der Waals surface area contributed by atoms with Crippen molar-refractivity contribution in [1.82, 2.24) is 4.98 Å². The predicted molar refractivity (Wildman–Crippen MR) is 52.7 cm³/mol. The first kappa shape index (κ1) is 10.1. The number of alkyl halides is 3. The first-order chi connectivity index (χ1) is 7.04. The lowest BCUT2D eigenvalue weighted by atomic mass is 10.1. The second kappa shape index (κ2) is 3.29. The molecule has 4 heteroatoms. The Morgan fingerprint density at radius 1 is 1.20 bits per heavy atom. The van der Waals surface area contributed by atoms with Crippen LogP contribution in [0.1, 0.15) is 18.2 Å². The highest BCUT2D eigenvalue weighted by atomic mass is 19.4. The van der Waals surface area contributed by atoms with Gasteiger partial charge in [-0.15, -0.1) is 0 Å². The lowest BCUT2D eigenvalue weighted by Crippen LogP contribution is -2.07. The van der Waals surface area contributed by atoms with Gasteiger partial charge in [-0.1, -0.05) is 25.1 Å². The number of aryl methyl sites for hydroxylation is 1. The number of para-hydroxylation sites is 1. The Morgan fingerprint density at radius 2 is 1.87 bits per heavy atom. The first-order valence-electron chi connectivity index (χ1n) is 4.70. The highest BCUT2D eigenvalue weighted by Gasteiger charge is 2.36. The molecule has 0 aliphatic rings. The number of rotatable bonds is 1.